The molecule has 0 aliphatic carbocycles. The van der Waals surface area contributed by atoms with E-state index < -0.39 is 5.97 Å². The number of carbonyl (C=O) groups excluding carboxylic acids is 4. The molecule has 0 bridgehead atoms. The minimum absolute atomic E-state index is 0. The van der Waals surface area contributed by atoms with Crippen molar-refractivity contribution in [3.8, 4) is 32.4 Å². The zero-order valence-corrected chi connectivity index (χ0v) is 45.9. The van der Waals surface area contributed by atoms with Crippen LogP contribution in [0, 0.1) is 0 Å². The minimum atomic E-state index is -0.960. The molecule has 1 amide bonds. The van der Waals surface area contributed by atoms with Gasteiger partial charge in [0.25, 0.3) is 0 Å². The van der Waals surface area contributed by atoms with Gasteiger partial charge in [-0.05, 0) is 133 Å². The van der Waals surface area contributed by atoms with Gasteiger partial charge in [-0.15, -0.1) is 35.1 Å². The summed E-state index contributed by atoms with van der Waals surface area (Å²) in [5.41, 5.74) is 11.9. The number of halogens is 3. The van der Waals surface area contributed by atoms with E-state index in [9.17, 15) is 24.0 Å². The largest absolute Gasteiger partial charge is 0.487 e. The number of carbonyl (C=O) groups is 5. The number of pyridine rings is 3. The average Bonchev–Trinajstić information content (AvgIpc) is 4.28. The molecule has 2 unspecified atom stereocenters. The van der Waals surface area contributed by atoms with Crippen LogP contribution in [0.4, 0.5) is 17.5 Å². The molecule has 5 aromatic heterocycles. The standard InChI is InChI=1S/C24H22ClN3O3S.C15H14ClNO2S.C9H10N2O2.C7H8N2O.ClH/c1-14(29)20-5-6-21(32-20)16-9-17-10-18(31-24(17)19(25)11-16)13-28-23(30)8-4-15-3-7-22(26-2)27-12-15;1-8(18)13-2-3-14(20-13)9-4-10-5-11(7-17)19-15(10)12(16)6-9;1-10-8-4-2-7(6-11-8)3-5-9(12)13;1-8-7-3-2-6(5-10)4-9-7;/h3-9,11-12,18H,10,13H2,1-2H3,(H,26,27)(H,28,30);2-4,6,11H,5,7,17H2,1H3;2-6H,1H3,(H,10,11)(H,12,13);2-5H,1H3,(H,8,9);1H/b8-4+;;5-3+;;. The predicted octanol–water partition coefficient (Wildman–Crippen LogP) is 11.0. The number of ether oxygens (including phenoxy) is 2. The summed E-state index contributed by atoms with van der Waals surface area (Å²) in [6.07, 6.45) is 12.6. The van der Waals surface area contributed by atoms with Crippen molar-refractivity contribution in [3.63, 3.8) is 0 Å². The molecule has 2 atom stereocenters. The Bertz CT molecular complexity index is 3190. The van der Waals surface area contributed by atoms with Crippen LogP contribution >= 0.6 is 58.3 Å². The third kappa shape index (κ3) is 17.0. The molecule has 0 radical (unpaired) electrons. The first-order valence-electron chi connectivity index (χ1n) is 23.2. The minimum Gasteiger partial charge on any atom is -0.487 e. The highest BCUT2D eigenvalue weighted by molar-refractivity contribution is 7.17. The van der Waals surface area contributed by atoms with Gasteiger partial charge in [0.2, 0.25) is 5.91 Å². The molecule has 2 aliphatic rings. The van der Waals surface area contributed by atoms with Crippen molar-refractivity contribution < 1.29 is 38.6 Å². The summed E-state index contributed by atoms with van der Waals surface area (Å²) < 4.78 is 11.7. The number of hydrogen-bond donors (Lipinski definition) is 6. The summed E-state index contributed by atoms with van der Waals surface area (Å²) in [5.74, 6) is 2.66. The van der Waals surface area contributed by atoms with Crippen LogP contribution < -0.4 is 36.5 Å². The Morgan fingerprint density at radius 1 is 0.658 bits per heavy atom. The molecule has 2 aromatic carbocycles. The van der Waals surface area contributed by atoms with Crippen LogP contribution in [0.5, 0.6) is 11.5 Å². The zero-order valence-electron chi connectivity index (χ0n) is 41.9. The summed E-state index contributed by atoms with van der Waals surface area (Å²) in [6.45, 7) is 3.98. The Morgan fingerprint density at radius 3 is 1.47 bits per heavy atom. The monoisotopic (exact) mass is 1120 g/mol. The van der Waals surface area contributed by atoms with E-state index in [0.29, 0.717) is 40.9 Å². The number of ketones is 2. The molecule has 7 N–H and O–H groups in total. The van der Waals surface area contributed by atoms with Gasteiger partial charge in [0.1, 0.15) is 41.2 Å². The topological polar surface area (TPSA) is 237 Å². The number of fused-ring (bicyclic) bond motifs is 2. The van der Waals surface area contributed by atoms with Gasteiger partial charge in [0.05, 0.1) is 26.3 Å². The van der Waals surface area contributed by atoms with Crippen molar-refractivity contribution in [3.05, 3.63) is 163 Å². The fourth-order valence-electron chi connectivity index (χ4n) is 7.21. The Labute approximate surface area is 464 Å². The number of Topliss-reactive ketones (excluding diaryl/α,β-unsaturated/α-hetero) is 2. The molecule has 0 saturated carbocycles. The van der Waals surface area contributed by atoms with Gasteiger partial charge in [0, 0.05) is 97.7 Å². The van der Waals surface area contributed by atoms with Crippen LogP contribution in [-0.4, -0.2) is 96.2 Å². The van der Waals surface area contributed by atoms with Crippen molar-refractivity contribution in [1.82, 2.24) is 20.3 Å². The molecule has 76 heavy (non-hydrogen) atoms. The second-order valence-electron chi connectivity index (χ2n) is 16.5. The highest BCUT2D eigenvalue weighted by Gasteiger charge is 2.27. The third-order valence-corrected chi connectivity index (χ3v) is 14.1. The number of amides is 1. The van der Waals surface area contributed by atoms with Gasteiger partial charge >= 0.3 is 5.97 Å². The Kier molecular flexibility index (Phi) is 22.7. The van der Waals surface area contributed by atoms with Crippen molar-refractivity contribution in [2.45, 2.75) is 38.9 Å². The summed E-state index contributed by atoms with van der Waals surface area (Å²) in [4.78, 5) is 71.1. The number of hydrogen-bond acceptors (Lipinski definition) is 16. The fourth-order valence-corrected chi connectivity index (χ4v) is 9.55. The van der Waals surface area contributed by atoms with Crippen LogP contribution in [-0.2, 0) is 22.4 Å². The van der Waals surface area contributed by atoms with Gasteiger partial charge in [-0.25, -0.2) is 19.7 Å². The number of rotatable bonds is 15. The highest BCUT2D eigenvalue weighted by Crippen LogP contribution is 2.42. The molecule has 396 valence electrons. The number of aldehydes is 1. The van der Waals surface area contributed by atoms with Crippen LogP contribution in [0.25, 0.3) is 33.0 Å². The van der Waals surface area contributed by atoms with Crippen LogP contribution in [0.15, 0.2) is 116 Å². The number of nitrogens with one attached hydrogen (secondary N) is 4. The second kappa shape index (κ2) is 29.0. The van der Waals surface area contributed by atoms with E-state index in [0.717, 1.165) is 94.9 Å². The lowest BCUT2D eigenvalue weighted by molar-refractivity contribution is -0.131. The Balaban J connectivity index is 0.000000206. The van der Waals surface area contributed by atoms with E-state index in [1.54, 1.807) is 77.7 Å². The number of benzene rings is 2. The molecule has 7 aromatic rings. The van der Waals surface area contributed by atoms with E-state index in [1.807, 2.05) is 54.6 Å². The first kappa shape index (κ1) is 59.4. The van der Waals surface area contributed by atoms with E-state index in [4.69, 9.17) is 43.5 Å². The number of carboxylic acid groups (broad SMARTS) is 1. The maximum atomic E-state index is 12.2. The van der Waals surface area contributed by atoms with Crippen molar-refractivity contribution in [2.24, 2.45) is 5.73 Å². The van der Waals surface area contributed by atoms with Gasteiger partial charge in [-0.1, -0.05) is 23.2 Å². The maximum Gasteiger partial charge on any atom is 0.328 e. The molecule has 21 heteroatoms. The first-order valence-corrected chi connectivity index (χ1v) is 25.6. The highest BCUT2D eigenvalue weighted by atomic mass is 35.5. The summed E-state index contributed by atoms with van der Waals surface area (Å²) in [5, 5.41) is 21.0. The smallest absolute Gasteiger partial charge is 0.328 e. The summed E-state index contributed by atoms with van der Waals surface area (Å²) >= 11 is 15.7. The lowest BCUT2D eigenvalue weighted by Gasteiger charge is -2.11. The first-order chi connectivity index (χ1) is 36.1. The fraction of sp³-hybridized carbons (Fsp3) is 0.200. The van der Waals surface area contributed by atoms with Gasteiger partial charge < -0.3 is 41.6 Å². The number of carboxylic acids is 1. The van der Waals surface area contributed by atoms with E-state index in [2.05, 4.69) is 42.3 Å². The van der Waals surface area contributed by atoms with E-state index >= 15 is 0 Å². The molecule has 7 heterocycles. The number of aromatic nitrogens is 3. The molecular formula is C55H55Cl3N8O8S2. The number of aliphatic carboxylic acids is 1. The molecule has 9 rings (SSSR count). The van der Waals surface area contributed by atoms with Gasteiger partial charge in [-0.2, -0.15) is 0 Å². The number of nitrogens with zero attached hydrogens (tertiary/aromatic N) is 3. The summed E-state index contributed by atoms with van der Waals surface area (Å²) in [7, 11) is 5.35. The summed E-state index contributed by atoms with van der Waals surface area (Å²) in [6, 6.07) is 26.2. The normalized spacial score (nSPS) is 13.6. The zero-order chi connectivity index (χ0) is 54.0. The SMILES string of the molecule is CC(=O)c1ccc(-c2cc(Cl)c3c(c2)CC(CN)O3)s1.CNc1ccc(/C=C/C(=O)NCC2Cc3cc(-c4ccc(C(C)=O)s4)cc(Cl)c3O2)cn1.CNc1ccc(/C=C/C(=O)O)cn1.CNc1ccc(C=O)cn1.Cl. The van der Waals surface area contributed by atoms with Crippen LogP contribution in [0.1, 0.15) is 65.8 Å². The second-order valence-corrected chi connectivity index (χ2v) is 19.5. The van der Waals surface area contributed by atoms with Crippen molar-refractivity contribution in [2.75, 3.05) is 50.2 Å². The molecule has 16 nitrogen and oxygen atoms in total. The van der Waals surface area contributed by atoms with Crippen LogP contribution in [0.2, 0.25) is 10.0 Å². The molecule has 0 saturated heterocycles. The molecular weight excluding hydrogens is 1070 g/mol. The maximum absolute atomic E-state index is 12.2. The lowest BCUT2D eigenvalue weighted by Crippen LogP contribution is -2.33. The average molecular weight is 1130 g/mol. The number of thiophene rings is 2. The lowest BCUT2D eigenvalue weighted by atomic mass is 10.1. The molecule has 0 fully saturated rings. The van der Waals surface area contributed by atoms with Gasteiger partial charge in [-0.3, -0.25) is 19.2 Å². The van der Waals surface area contributed by atoms with E-state index in [1.165, 1.54) is 41.0 Å². The number of nitrogens with two attached hydrogens (primary N) is 1. The van der Waals surface area contributed by atoms with Crippen molar-refractivity contribution >= 4 is 118 Å². The van der Waals surface area contributed by atoms with Crippen LogP contribution in [0.3, 0.4) is 0 Å². The van der Waals surface area contributed by atoms with Gasteiger partial charge in [0.15, 0.2) is 17.9 Å². The van der Waals surface area contributed by atoms with Crippen molar-refractivity contribution in [1.29, 1.82) is 0 Å². The molecule has 2 aliphatic heterocycles. The molecule has 0 spiro atoms. The quantitative estimate of drug-likeness (QED) is 0.0318. The Hall–Kier alpha value is -7.45. The third-order valence-electron chi connectivity index (χ3n) is 11.1. The predicted molar refractivity (Wildman–Crippen MR) is 308 cm³/mol. The Morgan fingerprint density at radius 2 is 1.09 bits per heavy atom. The number of anilines is 3. The van der Waals surface area contributed by atoms with E-state index in [-0.39, 0.29) is 42.1 Å².